The van der Waals surface area contributed by atoms with E-state index in [1.807, 2.05) is 53.2 Å². The number of likely N-dealkylation sites (N-methyl/N-ethyl adjacent to an activating group) is 1. The molecule has 0 unspecified atom stereocenters. The lowest BCUT2D eigenvalue weighted by Crippen LogP contribution is -2.30. The van der Waals surface area contributed by atoms with Crippen molar-refractivity contribution < 1.29 is 14.3 Å². The Morgan fingerprint density at radius 3 is 2.67 bits per heavy atom. The SMILES string of the molecule is CN(Cc1ccsc1)C(=O)COC(=O)c1cccc2ccccc12. The van der Waals surface area contributed by atoms with Crippen LogP contribution in [0.5, 0.6) is 0 Å². The van der Waals surface area contributed by atoms with Crippen LogP contribution >= 0.6 is 11.3 Å². The van der Waals surface area contributed by atoms with Crippen LogP contribution in [-0.4, -0.2) is 30.4 Å². The van der Waals surface area contributed by atoms with Crippen LogP contribution in [0, 0.1) is 0 Å². The number of ether oxygens (including phenoxy) is 1. The topological polar surface area (TPSA) is 46.6 Å². The normalized spacial score (nSPS) is 10.5. The van der Waals surface area contributed by atoms with Gasteiger partial charge in [0, 0.05) is 13.6 Å². The molecule has 0 N–H and O–H groups in total. The van der Waals surface area contributed by atoms with Crippen LogP contribution in [0.1, 0.15) is 15.9 Å². The van der Waals surface area contributed by atoms with Gasteiger partial charge in [-0.1, -0.05) is 36.4 Å². The van der Waals surface area contributed by atoms with Crippen molar-refractivity contribution in [3.05, 3.63) is 70.4 Å². The number of carbonyl (C=O) groups excluding carboxylic acids is 2. The number of amides is 1. The smallest absolute Gasteiger partial charge is 0.339 e. The molecular formula is C19H17NO3S. The third-order valence-electron chi connectivity index (χ3n) is 3.76. The van der Waals surface area contributed by atoms with Crippen molar-refractivity contribution in [2.75, 3.05) is 13.7 Å². The van der Waals surface area contributed by atoms with E-state index < -0.39 is 5.97 Å². The number of rotatable bonds is 5. The van der Waals surface area contributed by atoms with E-state index in [9.17, 15) is 9.59 Å². The zero-order valence-electron chi connectivity index (χ0n) is 13.3. The molecular weight excluding hydrogens is 322 g/mol. The van der Waals surface area contributed by atoms with Crippen LogP contribution in [0.25, 0.3) is 10.8 Å². The molecule has 0 saturated heterocycles. The molecule has 1 amide bonds. The van der Waals surface area contributed by atoms with Crippen LogP contribution < -0.4 is 0 Å². The average molecular weight is 339 g/mol. The maximum atomic E-state index is 12.3. The molecule has 3 aromatic rings. The Labute approximate surface area is 144 Å². The zero-order valence-corrected chi connectivity index (χ0v) is 14.1. The van der Waals surface area contributed by atoms with E-state index in [1.165, 1.54) is 0 Å². The maximum Gasteiger partial charge on any atom is 0.339 e. The molecule has 0 aliphatic heterocycles. The summed E-state index contributed by atoms with van der Waals surface area (Å²) in [6, 6.07) is 15.0. The Balaban J connectivity index is 1.63. The Kier molecular flexibility index (Phi) is 4.91. The Bertz CT molecular complexity index is 853. The van der Waals surface area contributed by atoms with E-state index in [2.05, 4.69) is 0 Å². The lowest BCUT2D eigenvalue weighted by Gasteiger charge is -2.16. The fourth-order valence-electron chi connectivity index (χ4n) is 2.46. The zero-order chi connectivity index (χ0) is 16.9. The highest BCUT2D eigenvalue weighted by atomic mass is 32.1. The van der Waals surface area contributed by atoms with E-state index in [0.717, 1.165) is 16.3 Å². The largest absolute Gasteiger partial charge is 0.452 e. The van der Waals surface area contributed by atoms with Crippen molar-refractivity contribution in [2.24, 2.45) is 0 Å². The van der Waals surface area contributed by atoms with Crippen molar-refractivity contribution in [1.82, 2.24) is 4.90 Å². The second kappa shape index (κ2) is 7.27. The summed E-state index contributed by atoms with van der Waals surface area (Å²) in [5, 5.41) is 5.75. The van der Waals surface area contributed by atoms with Gasteiger partial charge in [0.25, 0.3) is 5.91 Å². The molecule has 0 radical (unpaired) electrons. The van der Waals surface area contributed by atoms with Gasteiger partial charge in [-0.3, -0.25) is 4.79 Å². The number of benzene rings is 2. The molecule has 0 atom stereocenters. The van der Waals surface area contributed by atoms with E-state index in [0.29, 0.717) is 12.1 Å². The second-order valence-electron chi connectivity index (χ2n) is 5.48. The molecule has 4 nitrogen and oxygen atoms in total. The number of carbonyl (C=O) groups is 2. The van der Waals surface area contributed by atoms with Gasteiger partial charge in [-0.05, 0) is 39.2 Å². The van der Waals surface area contributed by atoms with Gasteiger partial charge in [0.15, 0.2) is 6.61 Å². The van der Waals surface area contributed by atoms with Crippen molar-refractivity contribution in [3.8, 4) is 0 Å². The molecule has 0 aliphatic rings. The Morgan fingerprint density at radius 2 is 1.88 bits per heavy atom. The number of esters is 1. The second-order valence-corrected chi connectivity index (χ2v) is 6.26. The monoisotopic (exact) mass is 339 g/mol. The van der Waals surface area contributed by atoms with E-state index in [4.69, 9.17) is 4.74 Å². The number of nitrogens with zero attached hydrogens (tertiary/aromatic N) is 1. The first-order chi connectivity index (χ1) is 11.6. The molecule has 1 aromatic heterocycles. The van der Waals surface area contributed by atoms with Crippen LogP contribution in [0.2, 0.25) is 0 Å². The van der Waals surface area contributed by atoms with E-state index >= 15 is 0 Å². The molecule has 0 aliphatic carbocycles. The lowest BCUT2D eigenvalue weighted by atomic mass is 10.1. The summed E-state index contributed by atoms with van der Waals surface area (Å²) >= 11 is 1.59. The summed E-state index contributed by atoms with van der Waals surface area (Å²) in [5.41, 5.74) is 1.54. The quantitative estimate of drug-likeness (QED) is 0.666. The molecule has 1 heterocycles. The molecule has 2 aromatic carbocycles. The highest BCUT2D eigenvalue weighted by Gasteiger charge is 2.15. The van der Waals surface area contributed by atoms with Crippen molar-refractivity contribution in [1.29, 1.82) is 0 Å². The highest BCUT2D eigenvalue weighted by Crippen LogP contribution is 2.19. The molecule has 0 spiro atoms. The molecule has 3 rings (SSSR count). The van der Waals surface area contributed by atoms with Crippen LogP contribution in [0.4, 0.5) is 0 Å². The molecule has 5 heteroatoms. The number of thiophene rings is 1. The molecule has 0 bridgehead atoms. The van der Waals surface area contributed by atoms with Crippen LogP contribution in [-0.2, 0) is 16.1 Å². The predicted octanol–water partition coefficient (Wildman–Crippen LogP) is 3.72. The van der Waals surface area contributed by atoms with Gasteiger partial charge in [0.2, 0.25) is 0 Å². The first-order valence-corrected chi connectivity index (χ1v) is 8.49. The van der Waals surface area contributed by atoms with Gasteiger partial charge in [-0.25, -0.2) is 4.79 Å². The minimum atomic E-state index is -0.482. The summed E-state index contributed by atoms with van der Waals surface area (Å²) < 4.78 is 5.21. The summed E-state index contributed by atoms with van der Waals surface area (Å²) in [6.07, 6.45) is 0. The first kappa shape index (κ1) is 16.2. The standard InChI is InChI=1S/C19H17NO3S/c1-20(11-14-9-10-24-13-14)18(21)12-23-19(22)17-8-4-6-15-5-2-3-7-16(15)17/h2-10,13H,11-12H2,1H3. The summed E-state index contributed by atoms with van der Waals surface area (Å²) in [7, 11) is 1.70. The van der Waals surface area contributed by atoms with Crippen molar-refractivity contribution >= 4 is 34.0 Å². The highest BCUT2D eigenvalue weighted by molar-refractivity contribution is 7.07. The number of hydrogen-bond acceptors (Lipinski definition) is 4. The van der Waals surface area contributed by atoms with Gasteiger partial charge in [0.1, 0.15) is 0 Å². The fraction of sp³-hybridized carbons (Fsp3) is 0.158. The summed E-state index contributed by atoms with van der Waals surface area (Å²) in [4.78, 5) is 26.0. The lowest BCUT2D eigenvalue weighted by molar-refractivity contribution is -0.133. The van der Waals surface area contributed by atoms with Gasteiger partial charge >= 0.3 is 5.97 Å². The third-order valence-corrected chi connectivity index (χ3v) is 4.49. The predicted molar refractivity (Wildman–Crippen MR) is 95.0 cm³/mol. The van der Waals surface area contributed by atoms with E-state index in [1.54, 1.807) is 29.4 Å². The Morgan fingerprint density at radius 1 is 1.08 bits per heavy atom. The van der Waals surface area contributed by atoms with Crippen LogP contribution in [0.3, 0.4) is 0 Å². The number of fused-ring (bicyclic) bond motifs is 1. The van der Waals surface area contributed by atoms with Crippen molar-refractivity contribution in [3.63, 3.8) is 0 Å². The maximum absolute atomic E-state index is 12.3. The van der Waals surface area contributed by atoms with Crippen molar-refractivity contribution in [2.45, 2.75) is 6.54 Å². The molecule has 0 saturated carbocycles. The summed E-state index contributed by atoms with van der Waals surface area (Å²) in [5.74, 6) is -0.709. The Hall–Kier alpha value is -2.66. The first-order valence-electron chi connectivity index (χ1n) is 7.55. The third kappa shape index (κ3) is 3.63. The molecule has 24 heavy (non-hydrogen) atoms. The minimum Gasteiger partial charge on any atom is -0.452 e. The van der Waals surface area contributed by atoms with Gasteiger partial charge in [-0.15, -0.1) is 0 Å². The van der Waals surface area contributed by atoms with E-state index in [-0.39, 0.29) is 12.5 Å². The number of hydrogen-bond donors (Lipinski definition) is 0. The molecule has 0 fully saturated rings. The fourth-order valence-corrected chi connectivity index (χ4v) is 3.12. The van der Waals surface area contributed by atoms with Crippen LogP contribution in [0.15, 0.2) is 59.3 Å². The van der Waals surface area contributed by atoms with Gasteiger partial charge < -0.3 is 9.64 Å². The summed E-state index contributed by atoms with van der Waals surface area (Å²) in [6.45, 7) is 0.247. The average Bonchev–Trinajstić information content (AvgIpc) is 3.11. The minimum absolute atomic E-state index is 0.227. The van der Waals surface area contributed by atoms with Gasteiger partial charge in [0.05, 0.1) is 5.56 Å². The van der Waals surface area contributed by atoms with Gasteiger partial charge in [-0.2, -0.15) is 11.3 Å². The molecule has 122 valence electrons.